The molecule has 0 radical (unpaired) electrons. The average molecular weight is 242 g/mol. The maximum atomic E-state index is 6.15. The maximum absolute atomic E-state index is 6.15. The lowest BCUT2D eigenvalue weighted by Crippen LogP contribution is -2.55. The summed E-state index contributed by atoms with van der Waals surface area (Å²) in [6.45, 7) is 4.99. The first-order valence-corrected chi connectivity index (χ1v) is 6.53. The third-order valence-corrected chi connectivity index (χ3v) is 4.48. The summed E-state index contributed by atoms with van der Waals surface area (Å²) in [5, 5.41) is 2.67. The van der Waals surface area contributed by atoms with Crippen molar-refractivity contribution in [3.63, 3.8) is 0 Å². The first kappa shape index (κ1) is 11.7. The highest BCUT2D eigenvalue weighted by atomic mass is 16.5. The van der Waals surface area contributed by atoms with Crippen molar-refractivity contribution in [2.75, 3.05) is 20.7 Å². The van der Waals surface area contributed by atoms with E-state index in [0.29, 0.717) is 0 Å². The number of hydrogen-bond acceptors (Lipinski definition) is 1. The molecule has 0 bridgehead atoms. The van der Waals surface area contributed by atoms with E-state index in [1.165, 1.54) is 22.0 Å². The van der Waals surface area contributed by atoms with Crippen molar-refractivity contribution in [1.82, 2.24) is 4.48 Å². The highest BCUT2D eigenvalue weighted by molar-refractivity contribution is 5.99. The molecule has 2 aromatic carbocycles. The van der Waals surface area contributed by atoms with Crippen LogP contribution >= 0.6 is 0 Å². The largest absolute Gasteiger partial charge is 0.323 e. The lowest BCUT2D eigenvalue weighted by Gasteiger charge is -2.40. The molecule has 0 N–H and O–H groups in total. The van der Waals surface area contributed by atoms with Crippen LogP contribution in [0.15, 0.2) is 36.4 Å². The van der Waals surface area contributed by atoms with E-state index >= 15 is 0 Å². The van der Waals surface area contributed by atoms with Gasteiger partial charge in [0.2, 0.25) is 5.72 Å². The molecule has 0 aromatic heterocycles. The predicted molar refractivity (Wildman–Crippen MR) is 76.6 cm³/mol. The van der Waals surface area contributed by atoms with E-state index in [4.69, 9.17) is 4.74 Å². The number of rotatable bonds is 2. The van der Waals surface area contributed by atoms with Gasteiger partial charge in [0.15, 0.2) is 0 Å². The number of ether oxygens (including phenoxy) is 1. The number of hydrogen-bond donors (Lipinski definition) is 0. The molecule has 1 unspecified atom stereocenters. The van der Waals surface area contributed by atoms with Crippen molar-refractivity contribution >= 4 is 16.5 Å². The molecule has 0 saturated carbocycles. The van der Waals surface area contributed by atoms with Crippen LogP contribution in [0.5, 0.6) is 0 Å². The van der Waals surface area contributed by atoms with Crippen molar-refractivity contribution in [3.05, 3.63) is 42.0 Å². The standard InChI is InChI=1S/C16H20NO/c1-5-18-16(2)13-10-6-8-12-9-7-11-14(15(12)13)17(16,3)4/h6-11H,5H2,1-4H3/q+1. The molecular weight excluding hydrogens is 222 g/mol. The highest BCUT2D eigenvalue weighted by Crippen LogP contribution is 2.51. The number of nitrogens with zero attached hydrogens (tertiary/aromatic N) is 1. The van der Waals surface area contributed by atoms with Crippen molar-refractivity contribution in [3.8, 4) is 0 Å². The summed E-state index contributed by atoms with van der Waals surface area (Å²) < 4.78 is 6.90. The van der Waals surface area contributed by atoms with Gasteiger partial charge in [0.1, 0.15) is 5.69 Å². The van der Waals surface area contributed by atoms with Crippen LogP contribution in [0.2, 0.25) is 0 Å². The molecule has 0 aliphatic carbocycles. The fourth-order valence-corrected chi connectivity index (χ4v) is 3.22. The second kappa shape index (κ2) is 3.56. The molecule has 0 spiro atoms. The van der Waals surface area contributed by atoms with Crippen LogP contribution in [0.1, 0.15) is 19.4 Å². The van der Waals surface area contributed by atoms with Crippen LogP contribution in [0, 0.1) is 0 Å². The molecular formula is C16H20NO+. The first-order valence-electron chi connectivity index (χ1n) is 6.53. The summed E-state index contributed by atoms with van der Waals surface area (Å²) in [5.74, 6) is 0. The van der Waals surface area contributed by atoms with Crippen molar-refractivity contribution in [1.29, 1.82) is 0 Å². The molecule has 2 nitrogen and oxygen atoms in total. The topological polar surface area (TPSA) is 9.23 Å². The smallest absolute Gasteiger partial charge is 0.232 e. The quantitative estimate of drug-likeness (QED) is 0.731. The predicted octanol–water partition coefficient (Wildman–Crippen LogP) is 3.63. The van der Waals surface area contributed by atoms with Crippen LogP contribution in [-0.4, -0.2) is 20.7 Å². The Hall–Kier alpha value is -1.38. The van der Waals surface area contributed by atoms with E-state index in [1.54, 1.807) is 0 Å². The third-order valence-electron chi connectivity index (χ3n) is 4.48. The van der Waals surface area contributed by atoms with Crippen LogP contribution in [0.25, 0.3) is 10.8 Å². The van der Waals surface area contributed by atoms with E-state index in [0.717, 1.165) is 11.1 Å². The lowest BCUT2D eigenvalue weighted by atomic mass is 10.0. The van der Waals surface area contributed by atoms with Crippen molar-refractivity contribution in [2.45, 2.75) is 19.6 Å². The summed E-state index contributed by atoms with van der Waals surface area (Å²) in [7, 11) is 4.45. The van der Waals surface area contributed by atoms with Crippen LogP contribution in [0.3, 0.4) is 0 Å². The number of quaternary nitrogens is 1. The molecule has 3 rings (SSSR count). The van der Waals surface area contributed by atoms with E-state index in [-0.39, 0.29) is 5.72 Å². The van der Waals surface area contributed by atoms with Gasteiger partial charge >= 0.3 is 0 Å². The first-order chi connectivity index (χ1) is 8.52. The van der Waals surface area contributed by atoms with Gasteiger partial charge in [0, 0.05) is 6.92 Å². The van der Waals surface area contributed by atoms with E-state index in [2.05, 4.69) is 64.3 Å². The molecule has 18 heavy (non-hydrogen) atoms. The third kappa shape index (κ3) is 1.20. The molecule has 1 aliphatic heterocycles. The summed E-state index contributed by atoms with van der Waals surface area (Å²) in [6.07, 6.45) is 0. The minimum atomic E-state index is -0.294. The van der Waals surface area contributed by atoms with E-state index in [1.807, 2.05) is 0 Å². The van der Waals surface area contributed by atoms with Gasteiger partial charge in [0.25, 0.3) is 0 Å². The van der Waals surface area contributed by atoms with Crippen molar-refractivity contribution < 1.29 is 4.74 Å². The fraction of sp³-hybridized carbons (Fsp3) is 0.375. The van der Waals surface area contributed by atoms with Gasteiger partial charge in [-0.2, -0.15) is 0 Å². The van der Waals surface area contributed by atoms with Gasteiger partial charge < -0.3 is 4.74 Å². The number of benzene rings is 2. The molecule has 1 aliphatic rings. The molecule has 2 heteroatoms. The SMILES string of the molecule is CCOC1(C)c2cccc3cccc(c23)[N+]1(C)C. The van der Waals surface area contributed by atoms with Crippen LogP contribution in [0.4, 0.5) is 5.69 Å². The second-order valence-corrected chi connectivity index (χ2v) is 5.55. The zero-order chi connectivity index (χ0) is 13.0. The zero-order valence-electron chi connectivity index (χ0n) is 11.5. The maximum Gasteiger partial charge on any atom is 0.232 e. The van der Waals surface area contributed by atoms with Gasteiger partial charge in [-0.1, -0.05) is 24.3 Å². The Labute approximate surface area is 108 Å². The normalized spacial score (nSPS) is 24.7. The Bertz CT molecular complexity index is 612. The summed E-state index contributed by atoms with van der Waals surface area (Å²) in [5.41, 5.74) is 2.36. The van der Waals surface area contributed by atoms with E-state index in [9.17, 15) is 0 Å². The van der Waals surface area contributed by atoms with Crippen LogP contribution in [-0.2, 0) is 10.5 Å². The Morgan fingerprint density at radius 3 is 2.44 bits per heavy atom. The van der Waals surface area contributed by atoms with Crippen molar-refractivity contribution in [2.24, 2.45) is 0 Å². The Morgan fingerprint density at radius 1 is 1.11 bits per heavy atom. The fourth-order valence-electron chi connectivity index (χ4n) is 3.22. The van der Waals surface area contributed by atoms with E-state index < -0.39 is 0 Å². The molecule has 0 fully saturated rings. The summed E-state index contributed by atoms with van der Waals surface area (Å²) >= 11 is 0. The minimum Gasteiger partial charge on any atom is -0.323 e. The second-order valence-electron chi connectivity index (χ2n) is 5.55. The van der Waals surface area contributed by atoms with Gasteiger partial charge in [-0.05, 0) is 24.4 Å². The molecule has 1 heterocycles. The molecule has 94 valence electrons. The molecule has 0 saturated heterocycles. The Morgan fingerprint density at radius 2 is 1.78 bits per heavy atom. The van der Waals surface area contributed by atoms with Gasteiger partial charge in [0.05, 0.1) is 31.7 Å². The summed E-state index contributed by atoms with van der Waals surface area (Å²) in [4.78, 5) is 0. The molecule has 1 atom stereocenters. The average Bonchev–Trinajstić information content (AvgIpc) is 2.52. The van der Waals surface area contributed by atoms with Gasteiger partial charge in [-0.3, -0.25) is 4.48 Å². The minimum absolute atomic E-state index is 0.294. The lowest BCUT2D eigenvalue weighted by molar-refractivity contribution is -0.116. The Kier molecular flexibility index (Phi) is 2.31. The molecule has 0 amide bonds. The Balaban J connectivity index is 2.40. The monoisotopic (exact) mass is 242 g/mol. The van der Waals surface area contributed by atoms with Gasteiger partial charge in [-0.25, -0.2) is 0 Å². The zero-order valence-corrected chi connectivity index (χ0v) is 11.5. The molecule has 2 aromatic rings. The highest BCUT2D eigenvalue weighted by Gasteiger charge is 2.52. The summed E-state index contributed by atoms with van der Waals surface area (Å²) in [6, 6.07) is 13.0. The van der Waals surface area contributed by atoms with Crippen LogP contribution < -0.4 is 4.48 Å². The van der Waals surface area contributed by atoms with Gasteiger partial charge in [-0.15, -0.1) is 0 Å².